The van der Waals surface area contributed by atoms with E-state index < -0.39 is 0 Å². The monoisotopic (exact) mass is 397 g/mol. The molecule has 0 aliphatic heterocycles. The molecule has 0 bridgehead atoms. The predicted octanol–water partition coefficient (Wildman–Crippen LogP) is 4.85. The second kappa shape index (κ2) is 7.81. The van der Waals surface area contributed by atoms with E-state index in [0.29, 0.717) is 22.8 Å². The highest BCUT2D eigenvalue weighted by Gasteiger charge is 2.10. The van der Waals surface area contributed by atoms with Gasteiger partial charge in [-0.3, -0.25) is 4.79 Å². The summed E-state index contributed by atoms with van der Waals surface area (Å²) >= 11 is 3.43. The number of rotatable bonds is 5. The lowest BCUT2D eigenvalue weighted by Crippen LogP contribution is -2.13. The van der Waals surface area contributed by atoms with Gasteiger partial charge in [0.15, 0.2) is 0 Å². The highest BCUT2D eigenvalue weighted by Crippen LogP contribution is 2.24. The Bertz CT molecular complexity index is 899. The molecule has 2 N–H and O–H groups in total. The van der Waals surface area contributed by atoms with Crippen molar-refractivity contribution in [2.45, 2.75) is 0 Å². The van der Waals surface area contributed by atoms with Crippen molar-refractivity contribution in [2.24, 2.45) is 0 Å². The molecule has 0 spiro atoms. The summed E-state index contributed by atoms with van der Waals surface area (Å²) < 4.78 is 6.21. The number of methoxy groups -OCH3 is 1. The van der Waals surface area contributed by atoms with Crippen LogP contribution < -0.4 is 15.4 Å². The maximum absolute atomic E-state index is 12.5. The van der Waals surface area contributed by atoms with E-state index in [1.165, 1.54) is 0 Å². The van der Waals surface area contributed by atoms with Gasteiger partial charge >= 0.3 is 0 Å². The number of hydrogen-bond acceptors (Lipinski definition) is 4. The Morgan fingerprint density at radius 3 is 2.72 bits per heavy atom. The fraction of sp³-hybridized carbons (Fsp3) is 0.0526. The van der Waals surface area contributed by atoms with Gasteiger partial charge in [-0.1, -0.05) is 34.1 Å². The zero-order valence-corrected chi connectivity index (χ0v) is 15.1. The van der Waals surface area contributed by atoms with Crippen LogP contribution in [0, 0.1) is 0 Å². The number of aromatic nitrogens is 1. The fourth-order valence-corrected chi connectivity index (χ4v) is 2.70. The number of pyridine rings is 1. The summed E-state index contributed by atoms with van der Waals surface area (Å²) in [6.45, 7) is 0. The Hall–Kier alpha value is -2.86. The maximum atomic E-state index is 12.5. The molecular weight excluding hydrogens is 382 g/mol. The number of halogens is 1. The number of amides is 1. The number of nitrogens with one attached hydrogen (secondary N) is 2. The van der Waals surface area contributed by atoms with Crippen molar-refractivity contribution in [2.75, 3.05) is 17.7 Å². The molecular formula is C19H16BrN3O2. The topological polar surface area (TPSA) is 63.2 Å². The van der Waals surface area contributed by atoms with E-state index in [1.54, 1.807) is 37.6 Å². The van der Waals surface area contributed by atoms with Gasteiger partial charge < -0.3 is 15.4 Å². The minimum Gasteiger partial charge on any atom is -0.495 e. The highest BCUT2D eigenvalue weighted by molar-refractivity contribution is 9.10. The van der Waals surface area contributed by atoms with Gasteiger partial charge in [0.25, 0.3) is 5.91 Å². The first kappa shape index (κ1) is 17.0. The van der Waals surface area contributed by atoms with Crippen molar-refractivity contribution in [3.63, 3.8) is 0 Å². The van der Waals surface area contributed by atoms with Gasteiger partial charge in [-0.15, -0.1) is 0 Å². The van der Waals surface area contributed by atoms with E-state index in [1.807, 2.05) is 36.4 Å². The summed E-state index contributed by atoms with van der Waals surface area (Å²) in [5, 5.41) is 6.03. The summed E-state index contributed by atoms with van der Waals surface area (Å²) in [6.07, 6.45) is 1.59. The molecule has 6 heteroatoms. The van der Waals surface area contributed by atoms with Gasteiger partial charge in [0.05, 0.1) is 12.8 Å². The molecule has 0 saturated carbocycles. The van der Waals surface area contributed by atoms with E-state index in [-0.39, 0.29) is 5.91 Å². The first-order valence-electron chi connectivity index (χ1n) is 7.59. The molecule has 0 saturated heterocycles. The van der Waals surface area contributed by atoms with Crippen LogP contribution in [0.5, 0.6) is 5.75 Å². The van der Waals surface area contributed by atoms with Crippen LogP contribution in [0.2, 0.25) is 0 Å². The molecule has 5 nitrogen and oxygen atoms in total. The van der Waals surface area contributed by atoms with Crippen molar-refractivity contribution in [3.8, 4) is 5.75 Å². The van der Waals surface area contributed by atoms with Crippen LogP contribution in [0.1, 0.15) is 10.4 Å². The minimum absolute atomic E-state index is 0.232. The zero-order valence-electron chi connectivity index (χ0n) is 13.5. The summed E-state index contributed by atoms with van der Waals surface area (Å²) in [7, 11) is 1.57. The van der Waals surface area contributed by atoms with Crippen LogP contribution in [-0.4, -0.2) is 18.0 Å². The molecule has 0 aliphatic carbocycles. The Kier molecular flexibility index (Phi) is 5.30. The van der Waals surface area contributed by atoms with Crippen LogP contribution in [0.25, 0.3) is 0 Å². The standard InChI is InChI=1S/C19H16BrN3O2/c1-25-17-8-3-2-7-16(17)23-19(24)13-9-10-21-18(11-13)22-15-6-4-5-14(20)12-15/h2-12H,1H3,(H,21,22)(H,23,24). The number of para-hydroxylation sites is 2. The van der Waals surface area contributed by atoms with Crippen molar-refractivity contribution >= 4 is 39.0 Å². The third-order valence-corrected chi connectivity index (χ3v) is 3.97. The third-order valence-electron chi connectivity index (χ3n) is 3.47. The van der Waals surface area contributed by atoms with Crippen LogP contribution in [0.3, 0.4) is 0 Å². The van der Waals surface area contributed by atoms with E-state index in [2.05, 4.69) is 31.5 Å². The average Bonchev–Trinajstić information content (AvgIpc) is 2.62. The summed E-state index contributed by atoms with van der Waals surface area (Å²) in [4.78, 5) is 16.8. The number of nitrogens with zero attached hydrogens (tertiary/aromatic N) is 1. The first-order valence-corrected chi connectivity index (χ1v) is 8.38. The van der Waals surface area contributed by atoms with Crippen LogP contribution >= 0.6 is 15.9 Å². The van der Waals surface area contributed by atoms with Crippen LogP contribution in [-0.2, 0) is 0 Å². The number of anilines is 3. The van der Waals surface area contributed by atoms with Crippen molar-refractivity contribution in [1.82, 2.24) is 4.98 Å². The predicted molar refractivity (Wildman–Crippen MR) is 103 cm³/mol. The SMILES string of the molecule is COc1ccccc1NC(=O)c1ccnc(Nc2cccc(Br)c2)c1. The Balaban J connectivity index is 1.77. The van der Waals surface area contributed by atoms with Crippen molar-refractivity contribution in [3.05, 3.63) is 76.9 Å². The van der Waals surface area contributed by atoms with E-state index in [0.717, 1.165) is 10.2 Å². The molecule has 3 rings (SSSR count). The Labute approximate surface area is 154 Å². The molecule has 126 valence electrons. The molecule has 1 aromatic heterocycles. The summed E-state index contributed by atoms with van der Waals surface area (Å²) in [5.41, 5.74) is 2.00. The number of carbonyl (C=O) groups excluding carboxylic acids is 1. The quantitative estimate of drug-likeness (QED) is 0.645. The molecule has 0 atom stereocenters. The van der Waals surface area contributed by atoms with Gasteiger partial charge in [0.1, 0.15) is 11.6 Å². The lowest BCUT2D eigenvalue weighted by Gasteiger charge is -2.11. The number of hydrogen-bond donors (Lipinski definition) is 2. The lowest BCUT2D eigenvalue weighted by atomic mass is 10.2. The molecule has 0 aliphatic rings. The lowest BCUT2D eigenvalue weighted by molar-refractivity contribution is 0.102. The molecule has 1 heterocycles. The van der Waals surface area contributed by atoms with E-state index in [9.17, 15) is 4.79 Å². The molecule has 0 radical (unpaired) electrons. The smallest absolute Gasteiger partial charge is 0.255 e. The third kappa shape index (κ3) is 4.36. The Morgan fingerprint density at radius 2 is 1.92 bits per heavy atom. The maximum Gasteiger partial charge on any atom is 0.255 e. The molecule has 1 amide bonds. The highest BCUT2D eigenvalue weighted by atomic mass is 79.9. The van der Waals surface area contributed by atoms with Crippen molar-refractivity contribution < 1.29 is 9.53 Å². The van der Waals surface area contributed by atoms with Gasteiger partial charge in [0.2, 0.25) is 0 Å². The van der Waals surface area contributed by atoms with E-state index in [4.69, 9.17) is 4.74 Å². The number of benzene rings is 2. The van der Waals surface area contributed by atoms with Crippen LogP contribution in [0.15, 0.2) is 71.3 Å². The fourth-order valence-electron chi connectivity index (χ4n) is 2.30. The zero-order chi connectivity index (χ0) is 17.6. The molecule has 0 unspecified atom stereocenters. The first-order chi connectivity index (χ1) is 12.2. The molecule has 25 heavy (non-hydrogen) atoms. The van der Waals surface area contributed by atoms with Gasteiger partial charge in [-0.25, -0.2) is 4.98 Å². The normalized spacial score (nSPS) is 10.2. The van der Waals surface area contributed by atoms with E-state index >= 15 is 0 Å². The van der Waals surface area contributed by atoms with Gasteiger partial charge in [0, 0.05) is 21.9 Å². The molecule has 3 aromatic rings. The summed E-state index contributed by atoms with van der Waals surface area (Å²) in [5.74, 6) is 0.965. The molecule has 0 fully saturated rings. The second-order valence-electron chi connectivity index (χ2n) is 5.22. The number of ether oxygens (including phenoxy) is 1. The van der Waals surface area contributed by atoms with Crippen LogP contribution in [0.4, 0.5) is 17.2 Å². The number of carbonyl (C=O) groups is 1. The second-order valence-corrected chi connectivity index (χ2v) is 6.14. The van der Waals surface area contributed by atoms with Gasteiger partial charge in [-0.05, 0) is 42.5 Å². The van der Waals surface area contributed by atoms with Crippen molar-refractivity contribution in [1.29, 1.82) is 0 Å². The average molecular weight is 398 g/mol. The largest absolute Gasteiger partial charge is 0.495 e. The van der Waals surface area contributed by atoms with Gasteiger partial charge in [-0.2, -0.15) is 0 Å². The molecule has 2 aromatic carbocycles. The minimum atomic E-state index is -0.232. The Morgan fingerprint density at radius 1 is 1.08 bits per heavy atom. The summed E-state index contributed by atoms with van der Waals surface area (Å²) in [6, 6.07) is 18.4.